The zero-order valence-electron chi connectivity index (χ0n) is 9.47. The number of rotatable bonds is 4. The molecule has 0 saturated heterocycles. The third-order valence-electron chi connectivity index (χ3n) is 2.37. The molecule has 4 heteroatoms. The number of nitrogens with zero attached hydrogens (tertiary/aromatic N) is 2. The van der Waals surface area contributed by atoms with Gasteiger partial charge in [0.05, 0.1) is 11.6 Å². The lowest BCUT2D eigenvalue weighted by Gasteiger charge is -2.16. The highest BCUT2D eigenvalue weighted by atomic mass is 32.1. The van der Waals surface area contributed by atoms with Gasteiger partial charge in [-0.15, -0.1) is 11.3 Å². The molecule has 84 valence electrons. The van der Waals surface area contributed by atoms with Crippen LogP contribution >= 0.6 is 11.3 Å². The van der Waals surface area contributed by atoms with E-state index in [1.54, 1.807) is 11.3 Å². The van der Waals surface area contributed by atoms with E-state index >= 15 is 0 Å². The highest BCUT2D eigenvalue weighted by Crippen LogP contribution is 2.24. The van der Waals surface area contributed by atoms with Crippen LogP contribution in [0.5, 0.6) is 0 Å². The molecule has 0 radical (unpaired) electrons. The van der Waals surface area contributed by atoms with Crippen molar-refractivity contribution in [3.63, 3.8) is 0 Å². The summed E-state index contributed by atoms with van der Waals surface area (Å²) < 4.78 is 0. The lowest BCUT2D eigenvalue weighted by Crippen LogP contribution is -2.21. The van der Waals surface area contributed by atoms with E-state index in [2.05, 4.69) is 35.2 Å². The number of pyridine rings is 1. The minimum Gasteiger partial charge on any atom is -0.306 e. The second-order valence-electron chi connectivity index (χ2n) is 3.69. The van der Waals surface area contributed by atoms with Gasteiger partial charge in [0.2, 0.25) is 0 Å². The normalized spacial score (nSPS) is 12.6. The first-order chi connectivity index (χ1) is 7.81. The zero-order valence-corrected chi connectivity index (χ0v) is 10.3. The van der Waals surface area contributed by atoms with Gasteiger partial charge in [0, 0.05) is 23.5 Å². The molecule has 1 N–H and O–H groups in total. The fourth-order valence-electron chi connectivity index (χ4n) is 1.69. The quantitative estimate of drug-likeness (QED) is 0.882. The molecule has 1 unspecified atom stereocenters. The predicted molar refractivity (Wildman–Crippen MR) is 66.6 cm³/mol. The van der Waals surface area contributed by atoms with E-state index in [-0.39, 0.29) is 6.04 Å². The van der Waals surface area contributed by atoms with E-state index in [1.807, 2.05) is 24.1 Å². The molecule has 0 spiro atoms. The second-order valence-corrected chi connectivity index (χ2v) is 4.61. The van der Waals surface area contributed by atoms with Crippen molar-refractivity contribution in [1.82, 2.24) is 15.3 Å². The van der Waals surface area contributed by atoms with Crippen LogP contribution in [0.4, 0.5) is 0 Å². The fraction of sp³-hybridized carbons (Fsp3) is 0.333. The molecule has 2 aromatic heterocycles. The number of aromatic nitrogens is 2. The van der Waals surface area contributed by atoms with Gasteiger partial charge in [0.15, 0.2) is 0 Å². The third kappa shape index (κ3) is 2.46. The Hall–Kier alpha value is -1.26. The molecule has 2 heterocycles. The van der Waals surface area contributed by atoms with Gasteiger partial charge < -0.3 is 5.32 Å². The van der Waals surface area contributed by atoms with Gasteiger partial charge in [-0.25, -0.2) is 0 Å². The van der Waals surface area contributed by atoms with Gasteiger partial charge in [0.1, 0.15) is 0 Å². The van der Waals surface area contributed by atoms with Gasteiger partial charge >= 0.3 is 0 Å². The van der Waals surface area contributed by atoms with Gasteiger partial charge in [-0.1, -0.05) is 13.0 Å². The summed E-state index contributed by atoms with van der Waals surface area (Å²) in [5.74, 6) is 0. The van der Waals surface area contributed by atoms with Gasteiger partial charge in [-0.2, -0.15) is 0 Å². The van der Waals surface area contributed by atoms with Crippen molar-refractivity contribution in [3.05, 3.63) is 46.2 Å². The van der Waals surface area contributed by atoms with Crippen molar-refractivity contribution >= 4 is 11.3 Å². The van der Waals surface area contributed by atoms with Gasteiger partial charge in [-0.3, -0.25) is 9.97 Å². The summed E-state index contributed by atoms with van der Waals surface area (Å²) in [4.78, 5) is 9.60. The van der Waals surface area contributed by atoms with Crippen LogP contribution in [0.1, 0.15) is 29.0 Å². The Morgan fingerprint density at radius 2 is 2.19 bits per heavy atom. The van der Waals surface area contributed by atoms with Gasteiger partial charge in [0.25, 0.3) is 0 Å². The minimum atomic E-state index is 0.213. The average Bonchev–Trinajstić information content (AvgIpc) is 2.79. The Labute approximate surface area is 99.6 Å². The number of nitrogens with one attached hydrogen (secondary N) is 1. The monoisotopic (exact) mass is 233 g/mol. The maximum Gasteiger partial charge on any atom is 0.0794 e. The zero-order chi connectivity index (χ0) is 11.4. The molecule has 0 fully saturated rings. The number of hydrogen-bond acceptors (Lipinski definition) is 4. The largest absolute Gasteiger partial charge is 0.306 e. The predicted octanol–water partition coefficient (Wildman–Crippen LogP) is 2.55. The van der Waals surface area contributed by atoms with Crippen LogP contribution < -0.4 is 5.32 Å². The highest BCUT2D eigenvalue weighted by molar-refractivity contribution is 7.09. The summed E-state index contributed by atoms with van der Waals surface area (Å²) >= 11 is 1.67. The summed E-state index contributed by atoms with van der Waals surface area (Å²) in [6.07, 6.45) is 5.71. The van der Waals surface area contributed by atoms with E-state index in [4.69, 9.17) is 0 Å². The van der Waals surface area contributed by atoms with E-state index in [0.717, 1.165) is 6.54 Å². The average molecular weight is 233 g/mol. The first-order valence-corrected chi connectivity index (χ1v) is 6.22. The summed E-state index contributed by atoms with van der Waals surface area (Å²) in [6, 6.07) is 2.38. The number of thiazole rings is 1. The molecule has 16 heavy (non-hydrogen) atoms. The molecule has 0 bridgehead atoms. The van der Waals surface area contributed by atoms with Crippen molar-refractivity contribution in [3.8, 4) is 0 Å². The van der Waals surface area contributed by atoms with Gasteiger partial charge in [-0.05, 0) is 24.6 Å². The van der Waals surface area contributed by atoms with E-state index in [1.165, 1.54) is 16.0 Å². The number of aryl methyl sites for hydroxylation is 1. The van der Waals surface area contributed by atoms with E-state index < -0.39 is 0 Å². The van der Waals surface area contributed by atoms with Crippen LogP contribution in [-0.4, -0.2) is 16.5 Å². The molecule has 2 aromatic rings. The Morgan fingerprint density at radius 1 is 1.31 bits per heavy atom. The van der Waals surface area contributed by atoms with Crippen LogP contribution in [0.25, 0.3) is 0 Å². The molecule has 3 nitrogen and oxygen atoms in total. The highest BCUT2D eigenvalue weighted by Gasteiger charge is 2.14. The first-order valence-electron chi connectivity index (χ1n) is 5.34. The molecule has 0 aliphatic rings. The molecule has 0 aliphatic heterocycles. The molecule has 0 aliphatic carbocycles. The Kier molecular flexibility index (Phi) is 3.64. The maximum absolute atomic E-state index is 4.24. The summed E-state index contributed by atoms with van der Waals surface area (Å²) in [5.41, 5.74) is 4.25. The standard InChI is InChI=1S/C12H15N3S/c1-3-15-12(11-7-14-8-16-11)10-4-9(2)5-13-6-10/h4-8,12,15H,3H2,1-2H3. The summed E-state index contributed by atoms with van der Waals surface area (Å²) in [7, 11) is 0. The molecular weight excluding hydrogens is 218 g/mol. The Morgan fingerprint density at radius 3 is 2.81 bits per heavy atom. The third-order valence-corrected chi connectivity index (χ3v) is 3.21. The first kappa shape index (κ1) is 11.2. The lowest BCUT2D eigenvalue weighted by molar-refractivity contribution is 0.636. The van der Waals surface area contributed by atoms with Crippen LogP contribution in [0, 0.1) is 6.92 Å². The van der Waals surface area contributed by atoms with Crippen molar-refractivity contribution in [1.29, 1.82) is 0 Å². The topological polar surface area (TPSA) is 37.8 Å². The van der Waals surface area contributed by atoms with Crippen LogP contribution in [0.2, 0.25) is 0 Å². The molecule has 0 saturated carbocycles. The molecule has 1 atom stereocenters. The fourth-order valence-corrected chi connectivity index (χ4v) is 2.41. The molecule has 0 aromatic carbocycles. The SMILES string of the molecule is CCNC(c1cncc(C)c1)c1cncs1. The Balaban J connectivity index is 2.33. The van der Waals surface area contributed by atoms with Crippen molar-refractivity contribution < 1.29 is 0 Å². The molecule has 0 amide bonds. The van der Waals surface area contributed by atoms with E-state index in [9.17, 15) is 0 Å². The summed E-state index contributed by atoms with van der Waals surface area (Å²) in [6.45, 7) is 5.10. The van der Waals surface area contributed by atoms with Crippen LogP contribution in [0.3, 0.4) is 0 Å². The van der Waals surface area contributed by atoms with Crippen molar-refractivity contribution in [2.45, 2.75) is 19.9 Å². The van der Waals surface area contributed by atoms with E-state index in [0.29, 0.717) is 0 Å². The molecule has 2 rings (SSSR count). The smallest absolute Gasteiger partial charge is 0.0794 e. The summed E-state index contributed by atoms with van der Waals surface area (Å²) in [5, 5.41) is 3.46. The Bertz CT molecular complexity index is 439. The van der Waals surface area contributed by atoms with Crippen LogP contribution in [-0.2, 0) is 0 Å². The molecular formula is C12H15N3S. The maximum atomic E-state index is 4.24. The van der Waals surface area contributed by atoms with Crippen molar-refractivity contribution in [2.24, 2.45) is 0 Å². The number of hydrogen-bond donors (Lipinski definition) is 1. The minimum absolute atomic E-state index is 0.213. The van der Waals surface area contributed by atoms with Crippen molar-refractivity contribution in [2.75, 3.05) is 6.54 Å². The lowest BCUT2D eigenvalue weighted by atomic mass is 10.1. The van der Waals surface area contributed by atoms with Crippen LogP contribution in [0.15, 0.2) is 30.2 Å². The second kappa shape index (κ2) is 5.18.